The number of aryl methyl sites for hydroxylation is 1. The summed E-state index contributed by atoms with van der Waals surface area (Å²) in [5.41, 5.74) is 4.18. The quantitative estimate of drug-likeness (QED) is 0.543. The second-order valence-corrected chi connectivity index (χ2v) is 8.23. The lowest BCUT2D eigenvalue weighted by Crippen LogP contribution is -2.40. The lowest BCUT2D eigenvalue weighted by atomic mass is 9.93. The van der Waals surface area contributed by atoms with Crippen molar-refractivity contribution in [2.45, 2.75) is 45.1 Å². The van der Waals surface area contributed by atoms with Gasteiger partial charge in [-0.1, -0.05) is 25.1 Å². The van der Waals surface area contributed by atoms with E-state index in [0.29, 0.717) is 6.42 Å². The van der Waals surface area contributed by atoms with E-state index < -0.39 is 0 Å². The summed E-state index contributed by atoms with van der Waals surface area (Å²) in [5, 5.41) is 6.68. The van der Waals surface area contributed by atoms with E-state index in [9.17, 15) is 4.79 Å². The van der Waals surface area contributed by atoms with Gasteiger partial charge in [0.25, 0.3) is 0 Å². The average molecular weight is 402 g/mol. The number of pyridine rings is 1. The van der Waals surface area contributed by atoms with Crippen molar-refractivity contribution in [1.29, 1.82) is 0 Å². The molecule has 5 rings (SSSR count). The molecule has 154 valence electrons. The summed E-state index contributed by atoms with van der Waals surface area (Å²) in [6, 6.07) is 12.4. The number of para-hydroxylation sites is 1. The van der Waals surface area contributed by atoms with Gasteiger partial charge in [-0.3, -0.25) is 4.79 Å². The Balaban J connectivity index is 1.33. The van der Waals surface area contributed by atoms with Gasteiger partial charge in [-0.05, 0) is 43.0 Å². The van der Waals surface area contributed by atoms with E-state index in [1.165, 1.54) is 0 Å². The van der Waals surface area contributed by atoms with Gasteiger partial charge in [0.15, 0.2) is 5.65 Å². The maximum atomic E-state index is 13.1. The number of aromatic amines is 1. The Morgan fingerprint density at radius 1 is 1.23 bits per heavy atom. The minimum Gasteiger partial charge on any atom is -0.361 e. The highest BCUT2D eigenvalue weighted by atomic mass is 16.2. The predicted octanol–water partition coefficient (Wildman–Crippen LogP) is 4.27. The Kier molecular flexibility index (Phi) is 4.99. The highest BCUT2D eigenvalue weighted by Crippen LogP contribution is 2.28. The standard InChI is InChI=1S/C24H27N5O/c1-2-11-29-24-17(15-26-29)9-10-21(27-24)18-6-5-12-28(16-18)23(30)13-19-14-25-22-8-4-3-7-20(19)22/h3-4,7-10,14-15,18,25H,2,5-6,11-13,16H2,1H3. The fraction of sp³-hybridized carbons (Fsp3) is 0.375. The molecule has 0 saturated carbocycles. The number of nitrogens with zero attached hydrogens (tertiary/aromatic N) is 4. The van der Waals surface area contributed by atoms with E-state index in [0.717, 1.165) is 72.1 Å². The molecule has 1 fully saturated rings. The lowest BCUT2D eigenvalue weighted by molar-refractivity contribution is -0.131. The number of hydrogen-bond acceptors (Lipinski definition) is 3. The molecule has 3 aromatic heterocycles. The maximum Gasteiger partial charge on any atom is 0.227 e. The third-order valence-corrected chi connectivity index (χ3v) is 6.15. The molecule has 1 aromatic carbocycles. The van der Waals surface area contributed by atoms with Gasteiger partial charge in [0.2, 0.25) is 5.91 Å². The molecule has 4 aromatic rings. The number of aromatic nitrogens is 4. The molecule has 0 aliphatic carbocycles. The fourth-order valence-electron chi connectivity index (χ4n) is 4.57. The highest BCUT2D eigenvalue weighted by Gasteiger charge is 2.26. The summed E-state index contributed by atoms with van der Waals surface area (Å²) in [4.78, 5) is 23.3. The van der Waals surface area contributed by atoms with Gasteiger partial charge in [0, 0.05) is 53.7 Å². The molecule has 1 saturated heterocycles. The van der Waals surface area contributed by atoms with Crippen LogP contribution in [0, 0.1) is 0 Å². The Morgan fingerprint density at radius 3 is 3.03 bits per heavy atom. The van der Waals surface area contributed by atoms with Crippen molar-refractivity contribution >= 4 is 27.8 Å². The van der Waals surface area contributed by atoms with E-state index in [-0.39, 0.29) is 11.8 Å². The van der Waals surface area contributed by atoms with Crippen molar-refractivity contribution in [3.05, 3.63) is 60.0 Å². The van der Waals surface area contributed by atoms with Gasteiger partial charge in [0.05, 0.1) is 12.6 Å². The number of nitrogens with one attached hydrogen (secondary N) is 1. The minimum absolute atomic E-state index is 0.196. The molecule has 0 radical (unpaired) electrons. The molecule has 1 unspecified atom stereocenters. The number of H-pyrrole nitrogens is 1. The van der Waals surface area contributed by atoms with Crippen molar-refractivity contribution in [3.63, 3.8) is 0 Å². The second kappa shape index (κ2) is 7.94. The van der Waals surface area contributed by atoms with Gasteiger partial charge < -0.3 is 9.88 Å². The summed E-state index contributed by atoms with van der Waals surface area (Å²) in [7, 11) is 0. The number of fused-ring (bicyclic) bond motifs is 2. The Labute approximate surface area is 175 Å². The molecule has 6 nitrogen and oxygen atoms in total. The van der Waals surface area contributed by atoms with Crippen LogP contribution in [0.3, 0.4) is 0 Å². The SMILES string of the molecule is CCCn1ncc2ccc(C3CCCN(C(=O)Cc4c[nH]c5ccccc45)C3)nc21. The molecular formula is C24H27N5O. The number of carbonyl (C=O) groups excluding carboxylic acids is 1. The van der Waals surface area contributed by atoms with Crippen molar-refractivity contribution in [1.82, 2.24) is 24.6 Å². The molecule has 30 heavy (non-hydrogen) atoms. The molecule has 1 amide bonds. The summed E-state index contributed by atoms with van der Waals surface area (Å²) < 4.78 is 1.99. The minimum atomic E-state index is 0.196. The van der Waals surface area contributed by atoms with E-state index in [2.05, 4.69) is 35.2 Å². The first kappa shape index (κ1) is 18.9. The third kappa shape index (κ3) is 3.47. The summed E-state index contributed by atoms with van der Waals surface area (Å²) in [6.07, 6.45) is 7.40. The molecule has 1 N–H and O–H groups in total. The van der Waals surface area contributed by atoms with Gasteiger partial charge in [-0.2, -0.15) is 5.10 Å². The van der Waals surface area contributed by atoms with Gasteiger partial charge in [-0.25, -0.2) is 9.67 Å². The van der Waals surface area contributed by atoms with Gasteiger partial charge >= 0.3 is 0 Å². The molecule has 0 spiro atoms. The predicted molar refractivity (Wildman–Crippen MR) is 118 cm³/mol. The van der Waals surface area contributed by atoms with Crippen LogP contribution in [0.4, 0.5) is 0 Å². The van der Waals surface area contributed by atoms with Crippen LogP contribution in [0.5, 0.6) is 0 Å². The normalized spacial score (nSPS) is 17.1. The van der Waals surface area contributed by atoms with Crippen LogP contribution in [0.15, 0.2) is 48.8 Å². The van der Waals surface area contributed by atoms with E-state index >= 15 is 0 Å². The summed E-state index contributed by atoms with van der Waals surface area (Å²) in [6.45, 7) is 4.59. The van der Waals surface area contributed by atoms with Crippen molar-refractivity contribution < 1.29 is 4.79 Å². The molecule has 1 aliphatic heterocycles. The van der Waals surface area contributed by atoms with Crippen molar-refractivity contribution in [3.8, 4) is 0 Å². The number of rotatable bonds is 5. The molecular weight excluding hydrogens is 374 g/mol. The first-order valence-corrected chi connectivity index (χ1v) is 10.9. The zero-order chi connectivity index (χ0) is 20.5. The van der Waals surface area contributed by atoms with Crippen LogP contribution < -0.4 is 0 Å². The van der Waals surface area contributed by atoms with Crippen LogP contribution in [0.1, 0.15) is 43.4 Å². The number of likely N-dealkylation sites (tertiary alicyclic amines) is 1. The summed E-state index contributed by atoms with van der Waals surface area (Å²) >= 11 is 0. The van der Waals surface area contributed by atoms with Crippen molar-refractivity contribution in [2.75, 3.05) is 13.1 Å². The number of carbonyl (C=O) groups is 1. The van der Waals surface area contributed by atoms with Crippen LogP contribution in [-0.4, -0.2) is 43.6 Å². The number of piperidine rings is 1. The smallest absolute Gasteiger partial charge is 0.227 e. The molecule has 1 atom stereocenters. The van der Waals surface area contributed by atoms with E-state index in [4.69, 9.17) is 4.98 Å². The van der Waals surface area contributed by atoms with Crippen LogP contribution in [-0.2, 0) is 17.8 Å². The van der Waals surface area contributed by atoms with Crippen LogP contribution in [0.2, 0.25) is 0 Å². The zero-order valence-electron chi connectivity index (χ0n) is 17.3. The van der Waals surface area contributed by atoms with Gasteiger partial charge in [0.1, 0.15) is 0 Å². The molecule has 0 bridgehead atoms. The average Bonchev–Trinajstić information content (AvgIpc) is 3.38. The van der Waals surface area contributed by atoms with E-state index in [1.54, 1.807) is 0 Å². The number of benzene rings is 1. The number of amides is 1. The third-order valence-electron chi connectivity index (χ3n) is 6.15. The molecule has 1 aliphatic rings. The Morgan fingerprint density at radius 2 is 2.13 bits per heavy atom. The first-order chi connectivity index (χ1) is 14.7. The fourth-order valence-corrected chi connectivity index (χ4v) is 4.57. The van der Waals surface area contributed by atoms with Gasteiger partial charge in [-0.15, -0.1) is 0 Å². The second-order valence-electron chi connectivity index (χ2n) is 8.23. The largest absolute Gasteiger partial charge is 0.361 e. The Bertz CT molecular complexity index is 1190. The Hall–Kier alpha value is -3.15. The highest BCUT2D eigenvalue weighted by molar-refractivity contribution is 5.89. The van der Waals surface area contributed by atoms with Crippen LogP contribution >= 0.6 is 0 Å². The topological polar surface area (TPSA) is 66.8 Å². The number of hydrogen-bond donors (Lipinski definition) is 1. The van der Waals surface area contributed by atoms with Crippen LogP contribution in [0.25, 0.3) is 21.9 Å². The molecule has 4 heterocycles. The zero-order valence-corrected chi connectivity index (χ0v) is 17.3. The summed E-state index contributed by atoms with van der Waals surface area (Å²) in [5.74, 6) is 0.474. The first-order valence-electron chi connectivity index (χ1n) is 10.9. The van der Waals surface area contributed by atoms with Crippen molar-refractivity contribution in [2.24, 2.45) is 0 Å². The lowest BCUT2D eigenvalue weighted by Gasteiger charge is -2.32. The monoisotopic (exact) mass is 401 g/mol. The molecule has 6 heteroatoms. The van der Waals surface area contributed by atoms with E-state index in [1.807, 2.05) is 40.2 Å². The maximum absolute atomic E-state index is 13.1.